The molecule has 0 aromatic heterocycles. The third-order valence-corrected chi connectivity index (χ3v) is 6.46. The van der Waals surface area contributed by atoms with Crippen molar-refractivity contribution in [3.8, 4) is 11.1 Å². The Morgan fingerprint density at radius 2 is 1.68 bits per heavy atom. The van der Waals surface area contributed by atoms with E-state index in [1.165, 1.54) is 52.3 Å². The summed E-state index contributed by atoms with van der Waals surface area (Å²) in [5.41, 5.74) is 9.17. The van der Waals surface area contributed by atoms with E-state index in [4.69, 9.17) is 0 Å². The smallest absolute Gasteiger partial charge is 0.247 e. The van der Waals surface area contributed by atoms with Crippen LogP contribution in [0.5, 0.6) is 0 Å². The minimum Gasteiger partial charge on any atom is -0.322 e. The van der Waals surface area contributed by atoms with Crippen LogP contribution in [0, 0.1) is 6.92 Å². The van der Waals surface area contributed by atoms with Crippen molar-refractivity contribution in [1.82, 2.24) is 0 Å². The van der Waals surface area contributed by atoms with Gasteiger partial charge in [0.05, 0.1) is 0 Å². The molecule has 1 N–H and O–H groups in total. The van der Waals surface area contributed by atoms with E-state index in [2.05, 4.69) is 71.6 Å². The highest BCUT2D eigenvalue weighted by Gasteiger charge is 2.37. The van der Waals surface area contributed by atoms with Gasteiger partial charge in [-0.25, -0.2) is 0 Å². The second kappa shape index (κ2) is 7.24. The van der Waals surface area contributed by atoms with Gasteiger partial charge in [0, 0.05) is 5.69 Å². The lowest BCUT2D eigenvalue weighted by Gasteiger charge is -2.42. The molecule has 2 nitrogen and oxygen atoms in total. The van der Waals surface area contributed by atoms with Crippen LogP contribution in [0.4, 0.5) is 5.69 Å². The topological polar surface area (TPSA) is 29.1 Å². The van der Waals surface area contributed by atoms with Gasteiger partial charge >= 0.3 is 0 Å². The number of carbonyl (C=O) groups excluding carboxylic acids is 1. The summed E-state index contributed by atoms with van der Waals surface area (Å²) < 4.78 is 0. The molecule has 0 radical (unpaired) electrons. The highest BCUT2D eigenvalue weighted by molar-refractivity contribution is 6.00. The van der Waals surface area contributed by atoms with E-state index in [0.717, 1.165) is 12.1 Å². The number of fused-ring (bicyclic) bond motifs is 1. The number of hydrogen-bond acceptors (Lipinski definition) is 1. The Morgan fingerprint density at radius 1 is 1.07 bits per heavy atom. The number of carbonyl (C=O) groups is 1. The molecule has 0 heterocycles. The van der Waals surface area contributed by atoms with Crippen LogP contribution >= 0.6 is 0 Å². The van der Waals surface area contributed by atoms with Crippen molar-refractivity contribution in [3.05, 3.63) is 65.2 Å². The summed E-state index contributed by atoms with van der Waals surface area (Å²) in [6, 6.07) is 11.0. The molecule has 28 heavy (non-hydrogen) atoms. The molecule has 0 saturated carbocycles. The normalized spacial score (nSPS) is 16.9. The minimum absolute atomic E-state index is 0.170. The predicted octanol–water partition coefficient (Wildman–Crippen LogP) is 6.70. The fourth-order valence-corrected chi connectivity index (χ4v) is 4.53. The summed E-state index contributed by atoms with van der Waals surface area (Å²) in [6.07, 6.45) is 4.59. The summed E-state index contributed by atoms with van der Waals surface area (Å²) in [4.78, 5) is 11.9. The van der Waals surface area contributed by atoms with Gasteiger partial charge < -0.3 is 5.32 Å². The highest BCUT2D eigenvalue weighted by atomic mass is 16.1. The highest BCUT2D eigenvalue weighted by Crippen LogP contribution is 2.48. The maximum Gasteiger partial charge on any atom is 0.247 e. The number of anilines is 1. The van der Waals surface area contributed by atoms with E-state index in [0.29, 0.717) is 0 Å². The van der Waals surface area contributed by atoms with Gasteiger partial charge in [0.25, 0.3) is 0 Å². The van der Waals surface area contributed by atoms with E-state index in [1.807, 2.05) is 12.1 Å². The molecule has 2 aromatic carbocycles. The van der Waals surface area contributed by atoms with Gasteiger partial charge in [-0.1, -0.05) is 65.5 Å². The number of hydrogen-bond donors (Lipinski definition) is 1. The maximum atomic E-state index is 11.9. The van der Waals surface area contributed by atoms with Gasteiger partial charge in [0.2, 0.25) is 5.91 Å². The Kier molecular flexibility index (Phi) is 5.27. The number of rotatable bonds is 4. The molecule has 0 spiro atoms. The quantitative estimate of drug-likeness (QED) is 0.592. The van der Waals surface area contributed by atoms with Crippen LogP contribution in [-0.2, 0) is 22.0 Å². The molecular weight excluding hydrogens is 342 g/mol. The Labute approximate surface area is 170 Å². The molecule has 2 heteroatoms. The first kappa shape index (κ1) is 20.4. The van der Waals surface area contributed by atoms with Gasteiger partial charge in [-0.15, -0.1) is 0 Å². The minimum atomic E-state index is -0.170. The van der Waals surface area contributed by atoms with Crippen LogP contribution in [0.25, 0.3) is 11.1 Å². The molecule has 1 aliphatic rings. The van der Waals surface area contributed by atoms with Crippen LogP contribution in [0.15, 0.2) is 43.0 Å². The molecule has 0 bridgehead atoms. The molecule has 3 rings (SSSR count). The van der Waals surface area contributed by atoms with E-state index in [1.54, 1.807) is 0 Å². The molecule has 0 unspecified atom stereocenters. The summed E-state index contributed by atoms with van der Waals surface area (Å²) in [5, 5.41) is 2.98. The zero-order chi connectivity index (χ0) is 20.7. The second-order valence-corrected chi connectivity index (χ2v) is 9.36. The fraction of sp³-hybridized carbons (Fsp3) is 0.423. The van der Waals surface area contributed by atoms with Crippen LogP contribution < -0.4 is 5.32 Å². The lowest BCUT2D eigenvalue weighted by molar-refractivity contribution is -0.111. The van der Waals surface area contributed by atoms with Crippen molar-refractivity contribution in [2.24, 2.45) is 0 Å². The van der Waals surface area contributed by atoms with Crippen molar-refractivity contribution in [1.29, 1.82) is 0 Å². The molecule has 0 fully saturated rings. The number of amides is 1. The number of nitrogens with one attached hydrogen (secondary N) is 1. The Hall–Kier alpha value is -2.35. The summed E-state index contributed by atoms with van der Waals surface area (Å²) >= 11 is 0. The molecule has 1 amide bonds. The summed E-state index contributed by atoms with van der Waals surface area (Å²) in [6.45, 7) is 17.4. The zero-order valence-electron chi connectivity index (χ0n) is 18.2. The standard InChI is InChI=1S/C26H33NO/c1-8-18-19(11-10-12-23(18)27-24(28)9-2)20-16-22-21(15-17(20)3)25(4,5)13-14-26(22,6)7/h9-12,15-16H,2,8,13-14H2,1,3-7H3,(H,27,28). The number of aryl methyl sites for hydroxylation is 1. The lowest BCUT2D eigenvalue weighted by Crippen LogP contribution is -2.34. The molecular formula is C26H33NO. The zero-order valence-corrected chi connectivity index (χ0v) is 18.2. The Balaban J connectivity index is 2.22. The molecule has 0 saturated heterocycles. The fourth-order valence-electron chi connectivity index (χ4n) is 4.53. The lowest BCUT2D eigenvalue weighted by atomic mass is 9.62. The monoisotopic (exact) mass is 375 g/mol. The van der Waals surface area contributed by atoms with Crippen molar-refractivity contribution >= 4 is 11.6 Å². The first-order valence-corrected chi connectivity index (χ1v) is 10.3. The summed E-state index contributed by atoms with van der Waals surface area (Å²) in [7, 11) is 0. The van der Waals surface area contributed by atoms with Gasteiger partial charge in [0.1, 0.15) is 0 Å². The third kappa shape index (κ3) is 3.53. The predicted molar refractivity (Wildman–Crippen MR) is 120 cm³/mol. The second-order valence-electron chi connectivity index (χ2n) is 9.36. The van der Waals surface area contributed by atoms with Gasteiger partial charge in [0.15, 0.2) is 0 Å². The van der Waals surface area contributed by atoms with Crippen LogP contribution in [0.3, 0.4) is 0 Å². The van der Waals surface area contributed by atoms with E-state index >= 15 is 0 Å². The van der Waals surface area contributed by atoms with Gasteiger partial charge in [-0.2, -0.15) is 0 Å². The largest absolute Gasteiger partial charge is 0.322 e. The molecule has 2 aromatic rings. The average molecular weight is 376 g/mol. The van der Waals surface area contributed by atoms with Crippen LogP contribution in [0.1, 0.15) is 69.7 Å². The Morgan fingerprint density at radius 3 is 2.25 bits per heavy atom. The SMILES string of the molecule is C=CC(=O)Nc1cccc(-c2cc3c(cc2C)C(C)(C)CCC3(C)C)c1CC. The third-order valence-electron chi connectivity index (χ3n) is 6.46. The van der Waals surface area contributed by atoms with E-state index in [9.17, 15) is 4.79 Å². The number of benzene rings is 2. The molecule has 1 aliphatic carbocycles. The summed E-state index contributed by atoms with van der Waals surface area (Å²) in [5.74, 6) is -0.170. The molecule has 0 aliphatic heterocycles. The molecule has 0 atom stereocenters. The first-order valence-electron chi connectivity index (χ1n) is 10.3. The van der Waals surface area contributed by atoms with Crippen molar-refractivity contribution in [3.63, 3.8) is 0 Å². The van der Waals surface area contributed by atoms with Crippen LogP contribution in [0.2, 0.25) is 0 Å². The first-order chi connectivity index (χ1) is 13.1. The van der Waals surface area contributed by atoms with Crippen molar-refractivity contribution in [2.75, 3.05) is 5.32 Å². The van der Waals surface area contributed by atoms with Crippen LogP contribution in [-0.4, -0.2) is 5.91 Å². The van der Waals surface area contributed by atoms with E-state index < -0.39 is 0 Å². The molecule has 148 valence electrons. The van der Waals surface area contributed by atoms with E-state index in [-0.39, 0.29) is 16.7 Å². The van der Waals surface area contributed by atoms with Gasteiger partial charge in [-0.3, -0.25) is 4.79 Å². The maximum absolute atomic E-state index is 11.9. The average Bonchev–Trinajstić information content (AvgIpc) is 2.65. The van der Waals surface area contributed by atoms with Gasteiger partial charge in [-0.05, 0) is 82.5 Å². The Bertz CT molecular complexity index is 934. The van der Waals surface area contributed by atoms with Crippen molar-refractivity contribution < 1.29 is 4.79 Å². The van der Waals surface area contributed by atoms with Crippen molar-refractivity contribution in [2.45, 2.75) is 71.6 Å².